The Bertz CT molecular complexity index is 4000. The van der Waals surface area contributed by atoms with Gasteiger partial charge in [0.2, 0.25) is 5.91 Å². The Morgan fingerprint density at radius 3 is 1.36 bits per heavy atom. The first-order chi connectivity index (χ1) is 39.4. The lowest BCUT2D eigenvalue weighted by molar-refractivity contribution is -0.139. The van der Waals surface area contributed by atoms with Crippen LogP contribution in [-0.2, 0) is 20.8 Å². The molecule has 9 rings (SSSR count). The number of hydrogen-bond donors (Lipinski definition) is 5. The van der Waals surface area contributed by atoms with Crippen LogP contribution in [0.2, 0.25) is 30.1 Å². The lowest BCUT2D eigenvalue weighted by Crippen LogP contribution is -2.28. The molecule has 0 aliphatic rings. The number of carboxylic acid groups (broad SMARTS) is 2. The number of fused-ring (bicyclic) bond motifs is 3. The summed E-state index contributed by atoms with van der Waals surface area (Å²) in [6.07, 6.45) is 0.349. The van der Waals surface area contributed by atoms with Gasteiger partial charge in [-0.15, -0.1) is 0 Å². The van der Waals surface area contributed by atoms with Crippen LogP contribution in [0.25, 0.3) is 32.7 Å². The number of halogens is 6. The summed E-state index contributed by atoms with van der Waals surface area (Å²) in [6.45, 7) is 8.50. The van der Waals surface area contributed by atoms with Gasteiger partial charge in [0.25, 0.3) is 17.7 Å². The molecule has 0 aliphatic heterocycles. The number of ether oxygens (including phenoxy) is 2. The van der Waals surface area contributed by atoms with E-state index in [-0.39, 0.29) is 59.0 Å². The minimum Gasteiger partial charge on any atom is -0.506 e. The number of carbonyl (C=O) groups is 6. The number of phenols is 1. The van der Waals surface area contributed by atoms with E-state index in [1.807, 2.05) is 0 Å². The number of amides is 1. The van der Waals surface area contributed by atoms with Crippen molar-refractivity contribution in [1.82, 2.24) is 19.0 Å². The lowest BCUT2D eigenvalue weighted by Gasteiger charge is -2.12. The number of rotatable bonds is 14. The van der Waals surface area contributed by atoms with Crippen molar-refractivity contribution < 1.29 is 58.7 Å². The molecule has 0 saturated heterocycles. The SMILES string of the molecule is CCC(C(=O)O)c1c(C)n(C(=O)c2ccc(Cl)cc2)c2ccc(OC)c(Cl)c12.COc1ccc2c(c1Cl)c(C(C)C(=O)O)c(C)n2C(=O)c1ccc(Cl)cc1.Cc1c(CC(=O)NCCO)c2cc(O)c(Cl)cc2n1C(=O)c1ccc(Cl)cc1. The molecule has 9 aromatic rings. The van der Waals surface area contributed by atoms with Gasteiger partial charge in [-0.2, -0.15) is 0 Å². The summed E-state index contributed by atoms with van der Waals surface area (Å²) in [7, 11) is 2.97. The summed E-state index contributed by atoms with van der Waals surface area (Å²) in [5, 5.41) is 44.6. The number of phenolic OH excluding ortho intramolecular Hbond substituents is 1. The minimum atomic E-state index is -1.00. The number of aliphatic hydroxyl groups excluding tert-OH is 1. The summed E-state index contributed by atoms with van der Waals surface area (Å²) in [6, 6.07) is 29.2. The van der Waals surface area contributed by atoms with E-state index in [0.717, 1.165) is 0 Å². The zero-order valence-electron chi connectivity index (χ0n) is 45.5. The number of aliphatic carboxylic acids is 2. The molecular weight excluding hydrogens is 1190 g/mol. The standard InChI is InChI=1S/C21H19Cl2NO4.C20H18Cl2N2O4.C20H17Cl2NO4/c1-4-14(21(26)27)17-11(2)24(20(25)12-5-7-13(22)8-6-12)15-9-10-16(28-3)19(23)18(15)17;1-11-14(9-19(27)23-6-7-25)15-8-18(26)16(22)10-17(15)24(11)20(28)12-2-4-13(21)5-3-12;1-10(20(25)26)16-11(2)23(19(24)12-4-6-13(21)7-5-12)14-8-9-15(27-3)18(22)17(14)16/h5-10,14H,4H2,1-3H3,(H,26,27);2-5,8,10,25-26H,6-7,9H2,1H3,(H,23,27);4-10H,1-3H3,(H,25,26). The monoisotopic (exact) mass is 1240 g/mol. The Hall–Kier alpha value is -7.54. The van der Waals surface area contributed by atoms with E-state index < -0.39 is 23.8 Å². The van der Waals surface area contributed by atoms with Gasteiger partial charge in [-0.25, -0.2) is 0 Å². The molecule has 2 unspecified atom stereocenters. The number of benzene rings is 6. The highest BCUT2D eigenvalue weighted by atomic mass is 35.5. The first-order valence-electron chi connectivity index (χ1n) is 25.4. The van der Waals surface area contributed by atoms with Gasteiger partial charge in [-0.3, -0.25) is 42.5 Å². The van der Waals surface area contributed by atoms with E-state index in [0.29, 0.717) is 121 Å². The Labute approximate surface area is 506 Å². The molecule has 0 bridgehead atoms. The zero-order valence-corrected chi connectivity index (χ0v) is 50.1. The van der Waals surface area contributed by atoms with Crippen molar-refractivity contribution in [2.45, 2.75) is 59.3 Å². The number of nitrogens with one attached hydrogen (secondary N) is 1. The topological polar surface area (TPSA) is 229 Å². The van der Waals surface area contributed by atoms with Crippen LogP contribution in [0.5, 0.6) is 17.2 Å². The molecule has 3 aromatic heterocycles. The summed E-state index contributed by atoms with van der Waals surface area (Å²) < 4.78 is 15.0. The summed E-state index contributed by atoms with van der Waals surface area (Å²) in [5.74, 6) is -4.10. The number of carbonyl (C=O) groups excluding carboxylic acids is 4. The van der Waals surface area contributed by atoms with Crippen LogP contribution in [0.1, 0.15) is 97.0 Å². The molecule has 0 spiro atoms. The molecule has 1 amide bonds. The van der Waals surface area contributed by atoms with E-state index in [9.17, 15) is 44.1 Å². The van der Waals surface area contributed by atoms with Gasteiger partial charge >= 0.3 is 11.9 Å². The predicted octanol–water partition coefficient (Wildman–Crippen LogP) is 14.0. The Morgan fingerprint density at radius 1 is 0.566 bits per heavy atom. The van der Waals surface area contributed by atoms with Crippen molar-refractivity contribution >= 4 is 138 Å². The number of aromatic hydroxyl groups is 1. The second-order valence-electron chi connectivity index (χ2n) is 18.9. The van der Waals surface area contributed by atoms with Crippen molar-refractivity contribution in [3.8, 4) is 17.2 Å². The first kappa shape index (κ1) is 63.0. The van der Waals surface area contributed by atoms with Crippen LogP contribution in [-0.4, -0.2) is 97.1 Å². The Kier molecular flexibility index (Phi) is 20.4. The van der Waals surface area contributed by atoms with Crippen LogP contribution < -0.4 is 14.8 Å². The van der Waals surface area contributed by atoms with Crippen LogP contribution in [0, 0.1) is 20.8 Å². The van der Waals surface area contributed by atoms with E-state index in [2.05, 4.69) is 5.32 Å². The quantitative estimate of drug-likeness (QED) is 0.0685. The molecule has 2 atom stereocenters. The molecule has 3 heterocycles. The average molecular weight is 1250 g/mol. The van der Waals surface area contributed by atoms with Crippen molar-refractivity contribution in [2.75, 3.05) is 27.4 Å². The molecule has 22 heteroatoms. The van der Waals surface area contributed by atoms with Crippen LogP contribution in [0.15, 0.2) is 109 Å². The van der Waals surface area contributed by atoms with E-state index in [1.165, 1.54) is 40.1 Å². The molecule has 83 heavy (non-hydrogen) atoms. The van der Waals surface area contributed by atoms with Gasteiger partial charge in [0, 0.05) is 71.5 Å². The smallest absolute Gasteiger partial charge is 0.311 e. The van der Waals surface area contributed by atoms with Crippen molar-refractivity contribution in [1.29, 1.82) is 0 Å². The molecule has 16 nitrogen and oxygen atoms in total. The highest BCUT2D eigenvalue weighted by Crippen LogP contribution is 2.44. The Balaban J connectivity index is 0.000000179. The number of hydrogen-bond acceptors (Lipinski definition) is 10. The van der Waals surface area contributed by atoms with Crippen molar-refractivity contribution in [3.05, 3.63) is 190 Å². The molecule has 432 valence electrons. The highest BCUT2D eigenvalue weighted by molar-refractivity contribution is 6.38. The van der Waals surface area contributed by atoms with Gasteiger partial charge in [0.05, 0.1) is 70.7 Å². The van der Waals surface area contributed by atoms with E-state index in [1.54, 1.807) is 132 Å². The molecule has 5 N–H and O–H groups in total. The zero-order chi connectivity index (χ0) is 60.9. The first-order valence-corrected chi connectivity index (χ1v) is 27.7. The third-order valence-corrected chi connectivity index (χ3v) is 15.8. The summed E-state index contributed by atoms with van der Waals surface area (Å²) >= 11 is 36.9. The number of aromatic nitrogens is 3. The van der Waals surface area contributed by atoms with Gasteiger partial charge in [-0.05, 0) is 160 Å². The normalized spacial score (nSPS) is 11.8. The number of methoxy groups -OCH3 is 2. The number of nitrogens with zero attached hydrogens (tertiary/aromatic N) is 3. The van der Waals surface area contributed by atoms with Gasteiger partial charge in [-0.1, -0.05) is 76.5 Å². The minimum absolute atomic E-state index is 0.00962. The van der Waals surface area contributed by atoms with Gasteiger partial charge in [0.1, 0.15) is 17.2 Å². The second-order valence-corrected chi connectivity index (χ2v) is 21.4. The Morgan fingerprint density at radius 2 is 0.976 bits per heavy atom. The van der Waals surface area contributed by atoms with Crippen LogP contribution >= 0.6 is 69.6 Å². The highest BCUT2D eigenvalue weighted by Gasteiger charge is 2.32. The molecule has 6 aromatic carbocycles. The molecule has 0 radical (unpaired) electrons. The molecule has 0 fully saturated rings. The van der Waals surface area contributed by atoms with Gasteiger partial charge in [0.15, 0.2) is 0 Å². The third-order valence-electron chi connectivity index (χ3n) is 14.0. The molecule has 0 saturated carbocycles. The third kappa shape index (κ3) is 12.8. The molecular formula is C61H54Cl6N4O12. The predicted molar refractivity (Wildman–Crippen MR) is 324 cm³/mol. The fraction of sp³-hybridized carbons (Fsp3) is 0.213. The fourth-order valence-electron chi connectivity index (χ4n) is 9.92. The maximum atomic E-state index is 13.3. The maximum absolute atomic E-state index is 13.3. The number of aliphatic hydroxyl groups is 1. The van der Waals surface area contributed by atoms with Crippen molar-refractivity contribution in [3.63, 3.8) is 0 Å². The van der Waals surface area contributed by atoms with Crippen LogP contribution in [0.3, 0.4) is 0 Å². The molecule has 0 aliphatic carbocycles. The average Bonchev–Trinajstić information content (AvgIpc) is 2.22. The van der Waals surface area contributed by atoms with Crippen molar-refractivity contribution in [2.24, 2.45) is 0 Å². The largest absolute Gasteiger partial charge is 0.506 e. The fourth-order valence-corrected chi connectivity index (χ4v) is 11.1. The summed E-state index contributed by atoms with van der Waals surface area (Å²) in [4.78, 5) is 75.3. The number of carboxylic acids is 2. The second kappa shape index (κ2) is 26.8. The van der Waals surface area contributed by atoms with Crippen LogP contribution in [0.4, 0.5) is 0 Å². The van der Waals surface area contributed by atoms with E-state index >= 15 is 0 Å². The van der Waals surface area contributed by atoms with Gasteiger partial charge < -0.3 is 35.2 Å². The van der Waals surface area contributed by atoms with E-state index in [4.69, 9.17) is 84.2 Å². The maximum Gasteiger partial charge on any atom is 0.311 e. The lowest BCUT2D eigenvalue weighted by atomic mass is 9.93. The summed E-state index contributed by atoms with van der Waals surface area (Å²) in [5.41, 5.74) is 6.09.